The number of aromatic nitrogens is 5. The van der Waals surface area contributed by atoms with E-state index < -0.39 is 0 Å². The summed E-state index contributed by atoms with van der Waals surface area (Å²) in [7, 11) is 0. The Labute approximate surface area is 174 Å². The quantitative estimate of drug-likeness (QED) is 0.615. The number of likely N-dealkylation sites (tertiary alicyclic amines) is 1. The van der Waals surface area contributed by atoms with Gasteiger partial charge in [0.2, 0.25) is 5.89 Å². The normalized spacial score (nSPS) is 21.9. The average molecular weight is 410 g/mol. The Balaban J connectivity index is 1.34. The number of piperidine rings is 1. The van der Waals surface area contributed by atoms with Crippen molar-refractivity contribution in [1.29, 1.82) is 0 Å². The average Bonchev–Trinajstić information content (AvgIpc) is 3.09. The van der Waals surface area contributed by atoms with Crippen LogP contribution in [-0.4, -0.2) is 49.0 Å². The van der Waals surface area contributed by atoms with Gasteiger partial charge in [0.25, 0.3) is 5.91 Å². The lowest BCUT2D eigenvalue weighted by Crippen LogP contribution is -2.49. The van der Waals surface area contributed by atoms with E-state index in [0.29, 0.717) is 42.9 Å². The molecule has 0 radical (unpaired) electrons. The van der Waals surface area contributed by atoms with Crippen molar-refractivity contribution in [3.63, 3.8) is 0 Å². The molecule has 2 fully saturated rings. The molecule has 5 rings (SSSR count). The number of hydrogen-bond donors (Lipinski definition) is 0. The largest absolute Gasteiger partial charge is 0.359 e. The highest BCUT2D eigenvalue weighted by molar-refractivity contribution is 5.92. The van der Waals surface area contributed by atoms with Crippen molar-refractivity contribution in [1.82, 2.24) is 30.0 Å². The molecule has 0 N–H and O–H groups in total. The van der Waals surface area contributed by atoms with Crippen LogP contribution >= 0.6 is 0 Å². The van der Waals surface area contributed by atoms with Crippen molar-refractivity contribution in [2.24, 2.45) is 5.92 Å². The second kappa shape index (κ2) is 7.37. The molecule has 1 atom stereocenters. The molecule has 9 heteroatoms. The molecule has 3 aromatic heterocycles. The van der Waals surface area contributed by atoms with E-state index in [0.717, 1.165) is 30.7 Å². The summed E-state index contributed by atoms with van der Waals surface area (Å²) >= 11 is 0. The van der Waals surface area contributed by atoms with Crippen molar-refractivity contribution < 1.29 is 13.8 Å². The van der Waals surface area contributed by atoms with Crippen LogP contribution in [0.3, 0.4) is 0 Å². The second-order valence-electron chi connectivity index (χ2n) is 8.79. The van der Waals surface area contributed by atoms with Gasteiger partial charge in [0.15, 0.2) is 17.3 Å². The van der Waals surface area contributed by atoms with E-state index in [1.165, 1.54) is 12.8 Å². The maximum Gasteiger partial charge on any atom is 0.276 e. The summed E-state index contributed by atoms with van der Waals surface area (Å²) in [5.41, 5.74) is 1.16. The molecule has 9 nitrogen and oxygen atoms in total. The van der Waals surface area contributed by atoms with Crippen LogP contribution in [0, 0.1) is 19.8 Å². The molecule has 1 aliphatic heterocycles. The molecule has 1 saturated carbocycles. The summed E-state index contributed by atoms with van der Waals surface area (Å²) in [6.45, 7) is 5.52. The van der Waals surface area contributed by atoms with Crippen LogP contribution in [0.25, 0.3) is 0 Å². The lowest BCUT2D eigenvalue weighted by Gasteiger charge is -2.40. The van der Waals surface area contributed by atoms with E-state index in [1.807, 2.05) is 24.9 Å². The molecular weight excluding hydrogens is 384 g/mol. The third-order valence-electron chi connectivity index (χ3n) is 6.10. The van der Waals surface area contributed by atoms with Crippen LogP contribution in [-0.2, 0) is 12.0 Å². The summed E-state index contributed by atoms with van der Waals surface area (Å²) in [5.74, 6) is 2.49. The van der Waals surface area contributed by atoms with E-state index in [-0.39, 0.29) is 11.3 Å². The molecule has 2 aliphatic rings. The predicted octanol–water partition coefficient (Wildman–Crippen LogP) is 2.89. The first kappa shape index (κ1) is 19.0. The summed E-state index contributed by atoms with van der Waals surface area (Å²) in [4.78, 5) is 19.6. The van der Waals surface area contributed by atoms with Gasteiger partial charge in [0, 0.05) is 32.3 Å². The van der Waals surface area contributed by atoms with Crippen molar-refractivity contribution in [3.05, 3.63) is 47.2 Å². The number of rotatable bonds is 6. The van der Waals surface area contributed by atoms with Gasteiger partial charge in [0.1, 0.15) is 6.54 Å². The molecule has 158 valence electrons. The fourth-order valence-electron chi connectivity index (χ4n) is 4.50. The Kier molecular flexibility index (Phi) is 4.67. The third-order valence-corrected chi connectivity index (χ3v) is 6.10. The molecule has 3 aromatic rings. The van der Waals surface area contributed by atoms with E-state index in [2.05, 4.69) is 20.4 Å². The standard InChI is InChI=1S/C21H26N6O3/c1-14-10-22-27(11-14)12-17-8-18(24-30-17)19(28)26-7-3-6-21(13-26,9-16-4-5-16)20-23-15(2)29-25-20/h8,10-11,16H,3-7,9,12-13H2,1-2H3. The van der Waals surface area contributed by atoms with Crippen LogP contribution in [0.15, 0.2) is 27.5 Å². The van der Waals surface area contributed by atoms with E-state index in [1.54, 1.807) is 16.9 Å². The SMILES string of the molecule is Cc1cnn(Cc2cc(C(=O)N3CCCC(CC4CC4)(c4noc(C)n4)C3)no2)c1. The van der Waals surface area contributed by atoms with Gasteiger partial charge in [-0.2, -0.15) is 10.1 Å². The van der Waals surface area contributed by atoms with Crippen LogP contribution in [0.4, 0.5) is 0 Å². The number of hydrogen-bond acceptors (Lipinski definition) is 7. The Morgan fingerprint density at radius 1 is 1.27 bits per heavy atom. The van der Waals surface area contributed by atoms with Gasteiger partial charge in [-0.05, 0) is 37.7 Å². The lowest BCUT2D eigenvalue weighted by molar-refractivity contribution is 0.0597. The van der Waals surface area contributed by atoms with Gasteiger partial charge in [0.05, 0.1) is 11.6 Å². The minimum Gasteiger partial charge on any atom is -0.359 e. The Morgan fingerprint density at radius 3 is 2.83 bits per heavy atom. The molecule has 0 bridgehead atoms. The number of nitrogens with zero attached hydrogens (tertiary/aromatic N) is 6. The van der Waals surface area contributed by atoms with Gasteiger partial charge >= 0.3 is 0 Å². The topological polar surface area (TPSA) is 103 Å². The van der Waals surface area contributed by atoms with Crippen molar-refractivity contribution in [2.75, 3.05) is 13.1 Å². The molecule has 0 aromatic carbocycles. The Bertz CT molecular complexity index is 1050. The van der Waals surface area contributed by atoms with Crippen molar-refractivity contribution in [3.8, 4) is 0 Å². The number of carbonyl (C=O) groups excluding carboxylic acids is 1. The van der Waals surface area contributed by atoms with Crippen LogP contribution in [0.1, 0.15) is 65.6 Å². The summed E-state index contributed by atoms with van der Waals surface area (Å²) in [6.07, 6.45) is 9.07. The van der Waals surface area contributed by atoms with Gasteiger partial charge in [-0.15, -0.1) is 0 Å². The monoisotopic (exact) mass is 410 g/mol. The fraction of sp³-hybridized carbons (Fsp3) is 0.571. The van der Waals surface area contributed by atoms with E-state index in [9.17, 15) is 4.79 Å². The molecule has 4 heterocycles. The van der Waals surface area contributed by atoms with Gasteiger partial charge < -0.3 is 13.9 Å². The molecule has 1 amide bonds. The van der Waals surface area contributed by atoms with Gasteiger partial charge in [-0.3, -0.25) is 9.48 Å². The first-order valence-corrected chi connectivity index (χ1v) is 10.6. The minimum absolute atomic E-state index is 0.110. The highest BCUT2D eigenvalue weighted by Crippen LogP contribution is 2.45. The minimum atomic E-state index is -0.244. The Morgan fingerprint density at radius 2 is 2.13 bits per heavy atom. The summed E-state index contributed by atoms with van der Waals surface area (Å²) in [5, 5.41) is 12.5. The maximum absolute atomic E-state index is 13.2. The molecule has 30 heavy (non-hydrogen) atoms. The third kappa shape index (κ3) is 3.76. The molecular formula is C21H26N6O3. The zero-order valence-electron chi connectivity index (χ0n) is 17.4. The zero-order valence-corrected chi connectivity index (χ0v) is 17.4. The smallest absolute Gasteiger partial charge is 0.276 e. The summed E-state index contributed by atoms with van der Waals surface area (Å²) < 4.78 is 12.5. The van der Waals surface area contributed by atoms with Crippen molar-refractivity contribution >= 4 is 5.91 Å². The lowest BCUT2D eigenvalue weighted by atomic mass is 9.74. The number of aryl methyl sites for hydroxylation is 2. The highest BCUT2D eigenvalue weighted by Gasteiger charge is 2.46. The van der Waals surface area contributed by atoms with Gasteiger partial charge in [-0.25, -0.2) is 0 Å². The van der Waals surface area contributed by atoms with Crippen LogP contribution in [0.2, 0.25) is 0 Å². The zero-order chi connectivity index (χ0) is 20.7. The fourth-order valence-corrected chi connectivity index (χ4v) is 4.50. The summed E-state index contributed by atoms with van der Waals surface area (Å²) in [6, 6.07) is 1.72. The molecule has 0 spiro atoms. The van der Waals surface area contributed by atoms with E-state index in [4.69, 9.17) is 9.05 Å². The van der Waals surface area contributed by atoms with Crippen molar-refractivity contribution in [2.45, 2.75) is 57.9 Å². The maximum atomic E-state index is 13.2. The predicted molar refractivity (Wildman–Crippen MR) is 106 cm³/mol. The molecule has 1 aliphatic carbocycles. The first-order chi connectivity index (χ1) is 14.5. The first-order valence-electron chi connectivity index (χ1n) is 10.6. The molecule has 1 saturated heterocycles. The number of carbonyl (C=O) groups is 1. The van der Waals surface area contributed by atoms with Crippen LogP contribution in [0.5, 0.6) is 0 Å². The Hall–Kier alpha value is -2.97. The highest BCUT2D eigenvalue weighted by atomic mass is 16.5. The van der Waals surface area contributed by atoms with Gasteiger partial charge in [-0.1, -0.05) is 23.2 Å². The number of amides is 1. The molecule has 1 unspecified atom stereocenters. The second-order valence-corrected chi connectivity index (χ2v) is 8.79. The van der Waals surface area contributed by atoms with Crippen LogP contribution < -0.4 is 0 Å². The van der Waals surface area contributed by atoms with E-state index >= 15 is 0 Å².